The van der Waals surface area contributed by atoms with Gasteiger partial charge in [-0.3, -0.25) is 0 Å². The highest BCUT2D eigenvalue weighted by Gasteiger charge is 2.11. The molecule has 0 heterocycles. The van der Waals surface area contributed by atoms with E-state index in [0.29, 0.717) is 0 Å². The molecule has 2 N–H and O–H groups in total. The highest BCUT2D eigenvalue weighted by Crippen LogP contribution is 2.22. The number of phenols is 1. The predicted molar refractivity (Wildman–Crippen MR) is 46.8 cm³/mol. The van der Waals surface area contributed by atoms with Gasteiger partial charge in [0.2, 0.25) is 0 Å². The topological polar surface area (TPSA) is 40.5 Å². The largest absolute Gasteiger partial charge is 0.508 e. The molecule has 0 amide bonds. The van der Waals surface area contributed by atoms with Gasteiger partial charge in [0.1, 0.15) is 11.6 Å². The van der Waals surface area contributed by atoms with Gasteiger partial charge in [0.25, 0.3) is 0 Å². The number of aliphatic hydroxyl groups is 1. The van der Waals surface area contributed by atoms with E-state index >= 15 is 0 Å². The Balaban J connectivity index is 3.01. The van der Waals surface area contributed by atoms with Crippen molar-refractivity contribution < 1.29 is 14.6 Å². The van der Waals surface area contributed by atoms with Crippen LogP contribution < -0.4 is 0 Å². The van der Waals surface area contributed by atoms with E-state index in [1.54, 1.807) is 0 Å². The average molecular weight is 235 g/mol. The Morgan fingerprint density at radius 3 is 2.67 bits per heavy atom. The number of rotatable bonds is 2. The number of benzene rings is 1. The molecule has 1 aromatic carbocycles. The first-order valence-corrected chi connectivity index (χ1v) is 4.49. The third kappa shape index (κ3) is 1.95. The van der Waals surface area contributed by atoms with Crippen LogP contribution in [0.15, 0.2) is 18.2 Å². The maximum atomic E-state index is 12.9. The van der Waals surface area contributed by atoms with Crippen molar-refractivity contribution in [1.29, 1.82) is 0 Å². The van der Waals surface area contributed by atoms with Gasteiger partial charge in [-0.15, -0.1) is 0 Å². The Morgan fingerprint density at radius 1 is 1.50 bits per heavy atom. The van der Waals surface area contributed by atoms with Crippen molar-refractivity contribution in [3.63, 3.8) is 0 Å². The summed E-state index contributed by atoms with van der Waals surface area (Å²) >= 11 is 3.02. The first-order valence-electron chi connectivity index (χ1n) is 3.37. The van der Waals surface area contributed by atoms with E-state index in [2.05, 4.69) is 15.9 Å². The van der Waals surface area contributed by atoms with Gasteiger partial charge in [0.05, 0.1) is 6.10 Å². The lowest BCUT2D eigenvalue weighted by atomic mass is 10.1. The van der Waals surface area contributed by atoms with Gasteiger partial charge in [0.15, 0.2) is 0 Å². The van der Waals surface area contributed by atoms with Crippen molar-refractivity contribution in [3.05, 3.63) is 29.6 Å². The molecule has 66 valence electrons. The molecule has 0 aliphatic carbocycles. The molecule has 2 nitrogen and oxygen atoms in total. The fourth-order valence-corrected chi connectivity index (χ4v) is 1.22. The molecule has 12 heavy (non-hydrogen) atoms. The maximum Gasteiger partial charge on any atom is 0.132 e. The minimum absolute atomic E-state index is 0.141. The van der Waals surface area contributed by atoms with Gasteiger partial charge in [-0.05, 0) is 12.1 Å². The summed E-state index contributed by atoms with van der Waals surface area (Å²) in [7, 11) is 0. The first kappa shape index (κ1) is 9.48. The van der Waals surface area contributed by atoms with Gasteiger partial charge in [-0.2, -0.15) is 0 Å². The van der Waals surface area contributed by atoms with E-state index in [0.717, 1.165) is 6.07 Å². The highest BCUT2D eigenvalue weighted by atomic mass is 79.9. The Morgan fingerprint density at radius 2 is 2.17 bits per heavy atom. The fourth-order valence-electron chi connectivity index (χ4n) is 0.869. The van der Waals surface area contributed by atoms with Crippen LogP contribution in [0.2, 0.25) is 0 Å². The Hall–Kier alpha value is -0.610. The number of alkyl halides is 1. The van der Waals surface area contributed by atoms with Gasteiger partial charge in [-0.25, -0.2) is 4.39 Å². The second-order valence-corrected chi connectivity index (χ2v) is 3.02. The standard InChI is InChI=1S/C8H8BrFO2/c9-4-8(12)6-2-1-5(11)3-7(6)10/h1-3,8,11-12H,4H2. The summed E-state index contributed by atoms with van der Waals surface area (Å²) in [6.07, 6.45) is -0.870. The van der Waals surface area contributed by atoms with Crippen molar-refractivity contribution >= 4 is 15.9 Å². The van der Waals surface area contributed by atoms with E-state index in [9.17, 15) is 9.50 Å². The van der Waals surface area contributed by atoms with Crippen molar-refractivity contribution in [2.24, 2.45) is 0 Å². The normalized spacial score (nSPS) is 12.9. The van der Waals surface area contributed by atoms with Crippen LogP contribution in [-0.2, 0) is 0 Å². The summed E-state index contributed by atoms with van der Waals surface area (Å²) in [5.74, 6) is -0.736. The molecule has 1 rings (SSSR count). The summed E-state index contributed by atoms with van der Waals surface area (Å²) in [5, 5.41) is 18.4. The Bertz CT molecular complexity index is 278. The average Bonchev–Trinajstić information content (AvgIpc) is 2.03. The molecule has 0 spiro atoms. The highest BCUT2D eigenvalue weighted by molar-refractivity contribution is 9.09. The molecule has 0 radical (unpaired) electrons. The number of phenolic OH excluding ortho intramolecular Hbond substituents is 1. The summed E-state index contributed by atoms with van der Waals surface area (Å²) in [6.45, 7) is 0. The zero-order valence-corrected chi connectivity index (χ0v) is 7.75. The molecule has 0 saturated heterocycles. The van der Waals surface area contributed by atoms with Crippen LogP contribution in [-0.4, -0.2) is 15.5 Å². The molecular weight excluding hydrogens is 227 g/mol. The van der Waals surface area contributed by atoms with E-state index in [1.165, 1.54) is 12.1 Å². The predicted octanol–water partition coefficient (Wildman–Crippen LogP) is 1.96. The molecule has 4 heteroatoms. The number of hydrogen-bond acceptors (Lipinski definition) is 2. The van der Waals surface area contributed by atoms with Crippen LogP contribution >= 0.6 is 15.9 Å². The smallest absolute Gasteiger partial charge is 0.132 e. The van der Waals surface area contributed by atoms with Gasteiger partial charge in [-0.1, -0.05) is 15.9 Å². The fraction of sp³-hybridized carbons (Fsp3) is 0.250. The summed E-state index contributed by atoms with van der Waals surface area (Å²) in [5.41, 5.74) is 0.185. The second-order valence-electron chi connectivity index (χ2n) is 2.38. The molecular formula is C8H8BrFO2. The van der Waals surface area contributed by atoms with E-state index in [-0.39, 0.29) is 16.6 Å². The van der Waals surface area contributed by atoms with Crippen LogP contribution in [0.3, 0.4) is 0 Å². The van der Waals surface area contributed by atoms with Crippen molar-refractivity contribution in [2.75, 3.05) is 5.33 Å². The lowest BCUT2D eigenvalue weighted by Gasteiger charge is -2.07. The Labute approximate surface area is 77.8 Å². The van der Waals surface area contributed by atoms with Crippen LogP contribution in [0, 0.1) is 5.82 Å². The van der Waals surface area contributed by atoms with Crippen molar-refractivity contribution in [2.45, 2.75) is 6.10 Å². The number of halogens is 2. The first-order chi connectivity index (χ1) is 5.65. The molecule has 1 unspecified atom stereocenters. The summed E-state index contributed by atoms with van der Waals surface area (Å²) in [6, 6.07) is 3.67. The third-order valence-corrected chi connectivity index (χ3v) is 2.10. The van der Waals surface area contributed by atoms with Gasteiger partial charge in [0, 0.05) is 17.0 Å². The van der Waals surface area contributed by atoms with Crippen LogP contribution in [0.1, 0.15) is 11.7 Å². The van der Waals surface area contributed by atoms with Crippen LogP contribution in [0.5, 0.6) is 5.75 Å². The minimum atomic E-state index is -0.870. The molecule has 0 aliphatic heterocycles. The van der Waals surface area contributed by atoms with Gasteiger partial charge < -0.3 is 10.2 Å². The minimum Gasteiger partial charge on any atom is -0.508 e. The SMILES string of the molecule is Oc1ccc(C(O)CBr)c(F)c1. The van der Waals surface area contributed by atoms with Crippen LogP contribution in [0.4, 0.5) is 4.39 Å². The molecule has 0 aliphatic rings. The molecule has 1 atom stereocenters. The van der Waals surface area contributed by atoms with E-state index < -0.39 is 11.9 Å². The number of aliphatic hydroxyl groups excluding tert-OH is 1. The zero-order valence-electron chi connectivity index (χ0n) is 6.17. The molecule has 0 bridgehead atoms. The number of hydrogen-bond donors (Lipinski definition) is 2. The maximum absolute atomic E-state index is 12.9. The van der Waals surface area contributed by atoms with E-state index in [4.69, 9.17) is 5.11 Å². The molecule has 0 fully saturated rings. The van der Waals surface area contributed by atoms with Crippen LogP contribution in [0.25, 0.3) is 0 Å². The van der Waals surface area contributed by atoms with Crippen molar-refractivity contribution in [1.82, 2.24) is 0 Å². The van der Waals surface area contributed by atoms with E-state index in [1.807, 2.05) is 0 Å². The molecule has 1 aromatic rings. The molecule has 0 aromatic heterocycles. The Kier molecular flexibility index (Phi) is 3.05. The second kappa shape index (κ2) is 3.87. The zero-order chi connectivity index (χ0) is 9.14. The summed E-state index contributed by atoms with van der Waals surface area (Å²) in [4.78, 5) is 0. The third-order valence-electron chi connectivity index (χ3n) is 1.49. The van der Waals surface area contributed by atoms with Gasteiger partial charge >= 0.3 is 0 Å². The molecule has 0 saturated carbocycles. The number of aromatic hydroxyl groups is 1. The lowest BCUT2D eigenvalue weighted by molar-refractivity contribution is 0.200. The van der Waals surface area contributed by atoms with Crippen molar-refractivity contribution in [3.8, 4) is 5.75 Å². The monoisotopic (exact) mass is 234 g/mol. The lowest BCUT2D eigenvalue weighted by Crippen LogP contribution is -2.00. The summed E-state index contributed by atoms with van der Waals surface area (Å²) < 4.78 is 12.9. The quantitative estimate of drug-likeness (QED) is 0.769.